The van der Waals surface area contributed by atoms with E-state index in [1.54, 1.807) is 6.92 Å². The molecule has 0 aromatic heterocycles. The van der Waals surface area contributed by atoms with Gasteiger partial charge in [-0.3, -0.25) is 9.59 Å². The molecule has 116 valence electrons. The highest BCUT2D eigenvalue weighted by atomic mass is 19.4. The van der Waals surface area contributed by atoms with Crippen molar-refractivity contribution in [3.63, 3.8) is 0 Å². The smallest absolute Gasteiger partial charge is 0.415 e. The lowest BCUT2D eigenvalue weighted by Crippen LogP contribution is -2.62. The van der Waals surface area contributed by atoms with Crippen LogP contribution in [-0.2, 0) is 9.59 Å². The highest BCUT2D eigenvalue weighted by molar-refractivity contribution is 5.88. The Balaban J connectivity index is 2.92. The number of carboxylic acid groups (broad SMARTS) is 1. The first-order chi connectivity index (χ1) is 8.98. The maximum atomic E-state index is 12.7. The number of hydrogen-bond donors (Lipinski definition) is 2. The van der Waals surface area contributed by atoms with E-state index in [0.29, 0.717) is 19.8 Å². The van der Waals surface area contributed by atoms with E-state index in [4.69, 9.17) is 5.73 Å². The topological polar surface area (TPSA) is 83.6 Å². The van der Waals surface area contributed by atoms with Crippen LogP contribution in [0.15, 0.2) is 0 Å². The molecule has 20 heavy (non-hydrogen) atoms. The molecule has 1 aliphatic heterocycles. The van der Waals surface area contributed by atoms with Crippen LogP contribution in [0, 0.1) is 5.41 Å². The summed E-state index contributed by atoms with van der Waals surface area (Å²) in [5.41, 5.74) is 0.939. The van der Waals surface area contributed by atoms with Gasteiger partial charge in [-0.25, -0.2) is 0 Å². The summed E-state index contributed by atoms with van der Waals surface area (Å²) in [6.45, 7) is 2.15. The molecule has 0 aliphatic carbocycles. The molecule has 1 amide bonds. The quantitative estimate of drug-likeness (QED) is 0.820. The number of aliphatic carboxylic acids is 1. The molecule has 0 saturated carbocycles. The normalized spacial score (nSPS) is 26.4. The number of nitrogens with zero attached hydrogens (tertiary/aromatic N) is 1. The van der Waals surface area contributed by atoms with Gasteiger partial charge in [0, 0.05) is 13.1 Å². The number of carboxylic acids is 1. The van der Waals surface area contributed by atoms with Crippen LogP contribution in [0.25, 0.3) is 0 Å². The molecule has 5 nitrogen and oxygen atoms in total. The molecule has 0 aromatic carbocycles. The van der Waals surface area contributed by atoms with Gasteiger partial charge in [0.2, 0.25) is 0 Å². The number of carbonyl (C=O) groups is 2. The lowest BCUT2D eigenvalue weighted by atomic mass is 9.82. The maximum Gasteiger partial charge on any atom is 0.415 e. The zero-order valence-corrected chi connectivity index (χ0v) is 11.5. The summed E-state index contributed by atoms with van der Waals surface area (Å²) >= 11 is 0. The Bertz CT molecular complexity index is 409. The van der Waals surface area contributed by atoms with Gasteiger partial charge in [-0.1, -0.05) is 13.3 Å². The summed E-state index contributed by atoms with van der Waals surface area (Å²) in [5, 5.41) is 9.27. The van der Waals surface area contributed by atoms with E-state index >= 15 is 0 Å². The number of amides is 1. The van der Waals surface area contributed by atoms with Crippen molar-refractivity contribution in [1.29, 1.82) is 0 Å². The standard InChI is InChI=1S/C12H19F3N2O3/c1-3-4-11(9(19)20)5-6-17(7-11)8(18)10(2,16)12(13,14)15/h3-7,16H2,1-2H3,(H,19,20). The Morgan fingerprint density at radius 2 is 1.95 bits per heavy atom. The van der Waals surface area contributed by atoms with Crippen molar-refractivity contribution in [2.45, 2.75) is 44.8 Å². The van der Waals surface area contributed by atoms with Gasteiger partial charge in [0.25, 0.3) is 5.91 Å². The summed E-state index contributed by atoms with van der Waals surface area (Å²) < 4.78 is 38.2. The van der Waals surface area contributed by atoms with Crippen molar-refractivity contribution in [3.8, 4) is 0 Å². The fraction of sp³-hybridized carbons (Fsp3) is 0.833. The number of hydrogen-bond acceptors (Lipinski definition) is 3. The third-order valence-electron chi connectivity index (χ3n) is 3.86. The Hall–Kier alpha value is -1.31. The van der Waals surface area contributed by atoms with Gasteiger partial charge in [0.1, 0.15) is 0 Å². The lowest BCUT2D eigenvalue weighted by Gasteiger charge is -2.31. The minimum absolute atomic E-state index is 0.0198. The molecule has 3 N–H and O–H groups in total. The molecular weight excluding hydrogens is 277 g/mol. The molecule has 1 heterocycles. The molecule has 0 bridgehead atoms. The summed E-state index contributed by atoms with van der Waals surface area (Å²) in [6.07, 6.45) is -3.83. The van der Waals surface area contributed by atoms with E-state index in [9.17, 15) is 27.9 Å². The van der Waals surface area contributed by atoms with Gasteiger partial charge < -0.3 is 15.7 Å². The first-order valence-corrected chi connectivity index (χ1v) is 6.36. The average Bonchev–Trinajstić information content (AvgIpc) is 2.72. The van der Waals surface area contributed by atoms with Crippen LogP contribution in [0.5, 0.6) is 0 Å². The molecule has 8 heteroatoms. The average molecular weight is 296 g/mol. The minimum atomic E-state index is -4.87. The SMILES string of the molecule is CCCC1(C(=O)O)CCN(C(=O)C(C)(N)C(F)(F)F)C1. The number of halogens is 3. The van der Waals surface area contributed by atoms with Crippen molar-refractivity contribution in [1.82, 2.24) is 4.90 Å². The lowest BCUT2D eigenvalue weighted by molar-refractivity contribution is -0.193. The summed E-state index contributed by atoms with van der Waals surface area (Å²) in [7, 11) is 0. The van der Waals surface area contributed by atoms with Gasteiger partial charge in [-0.05, 0) is 19.8 Å². The van der Waals surface area contributed by atoms with Crippen LogP contribution in [0.2, 0.25) is 0 Å². The monoisotopic (exact) mass is 296 g/mol. The van der Waals surface area contributed by atoms with E-state index in [1.165, 1.54) is 0 Å². The van der Waals surface area contributed by atoms with Crippen molar-refractivity contribution < 1.29 is 27.9 Å². The predicted octanol–water partition coefficient (Wildman–Crippen LogP) is 1.37. The van der Waals surface area contributed by atoms with E-state index in [-0.39, 0.29) is 19.5 Å². The molecule has 0 aromatic rings. The molecule has 1 saturated heterocycles. The molecular formula is C12H19F3N2O3. The third kappa shape index (κ3) is 2.74. The summed E-state index contributed by atoms with van der Waals surface area (Å²) in [4.78, 5) is 24.2. The van der Waals surface area contributed by atoms with Gasteiger partial charge in [0.15, 0.2) is 5.54 Å². The molecule has 1 rings (SSSR count). The van der Waals surface area contributed by atoms with Gasteiger partial charge in [-0.15, -0.1) is 0 Å². The van der Waals surface area contributed by atoms with Crippen molar-refractivity contribution in [3.05, 3.63) is 0 Å². The third-order valence-corrected chi connectivity index (χ3v) is 3.86. The van der Waals surface area contributed by atoms with Crippen LogP contribution < -0.4 is 5.73 Å². The first-order valence-electron chi connectivity index (χ1n) is 6.36. The zero-order chi connectivity index (χ0) is 15.8. The largest absolute Gasteiger partial charge is 0.481 e. The molecule has 1 fully saturated rings. The highest BCUT2D eigenvalue weighted by Crippen LogP contribution is 2.38. The Labute approximate surface area is 114 Å². The molecule has 1 aliphatic rings. The molecule has 2 unspecified atom stereocenters. The van der Waals surface area contributed by atoms with Crippen molar-refractivity contribution in [2.75, 3.05) is 13.1 Å². The van der Waals surface area contributed by atoms with E-state index in [1.807, 2.05) is 0 Å². The number of nitrogens with two attached hydrogens (primary N) is 1. The van der Waals surface area contributed by atoms with E-state index in [2.05, 4.69) is 0 Å². The Morgan fingerprint density at radius 1 is 1.40 bits per heavy atom. The van der Waals surface area contributed by atoms with Gasteiger partial charge in [0.05, 0.1) is 5.41 Å². The number of carbonyl (C=O) groups excluding carboxylic acids is 1. The first kappa shape index (κ1) is 16.7. The summed E-state index contributed by atoms with van der Waals surface area (Å²) in [5.74, 6) is -2.36. The minimum Gasteiger partial charge on any atom is -0.481 e. The number of likely N-dealkylation sites (tertiary alicyclic amines) is 1. The second-order valence-corrected chi connectivity index (χ2v) is 5.51. The predicted molar refractivity (Wildman–Crippen MR) is 64.8 cm³/mol. The zero-order valence-electron chi connectivity index (χ0n) is 11.5. The molecule has 2 atom stereocenters. The Kier molecular flexibility index (Phi) is 4.38. The fourth-order valence-corrected chi connectivity index (χ4v) is 2.46. The second-order valence-electron chi connectivity index (χ2n) is 5.51. The van der Waals surface area contributed by atoms with Crippen LogP contribution in [0.3, 0.4) is 0 Å². The van der Waals surface area contributed by atoms with E-state index in [0.717, 1.165) is 4.90 Å². The van der Waals surface area contributed by atoms with Crippen LogP contribution in [0.1, 0.15) is 33.1 Å². The van der Waals surface area contributed by atoms with Crippen LogP contribution in [-0.4, -0.2) is 46.7 Å². The van der Waals surface area contributed by atoms with Gasteiger partial charge in [-0.2, -0.15) is 13.2 Å². The molecule has 0 spiro atoms. The fourth-order valence-electron chi connectivity index (χ4n) is 2.46. The second kappa shape index (κ2) is 5.23. The molecule has 0 radical (unpaired) electrons. The van der Waals surface area contributed by atoms with Crippen LogP contribution in [0.4, 0.5) is 13.2 Å². The van der Waals surface area contributed by atoms with Crippen molar-refractivity contribution in [2.24, 2.45) is 11.1 Å². The highest BCUT2D eigenvalue weighted by Gasteiger charge is 2.57. The maximum absolute atomic E-state index is 12.7. The summed E-state index contributed by atoms with van der Waals surface area (Å²) in [6, 6.07) is 0. The number of rotatable bonds is 4. The van der Waals surface area contributed by atoms with Crippen LogP contribution >= 0.6 is 0 Å². The Morgan fingerprint density at radius 3 is 2.35 bits per heavy atom. The number of alkyl halides is 3. The van der Waals surface area contributed by atoms with E-state index < -0.39 is 29.0 Å². The van der Waals surface area contributed by atoms with Gasteiger partial charge >= 0.3 is 12.1 Å². The van der Waals surface area contributed by atoms with Crippen molar-refractivity contribution >= 4 is 11.9 Å².